The molecule has 0 bridgehead atoms. The summed E-state index contributed by atoms with van der Waals surface area (Å²) in [7, 11) is 1.31. The second-order valence-electron chi connectivity index (χ2n) is 4.59. The Balaban J connectivity index is 2.37. The van der Waals surface area contributed by atoms with Crippen molar-refractivity contribution in [3.63, 3.8) is 0 Å². The van der Waals surface area contributed by atoms with Gasteiger partial charge in [0.1, 0.15) is 10.6 Å². The summed E-state index contributed by atoms with van der Waals surface area (Å²) in [5.74, 6) is -0.542. The van der Waals surface area contributed by atoms with Gasteiger partial charge in [-0.15, -0.1) is 11.3 Å². The third kappa shape index (κ3) is 2.58. The first-order valence-corrected chi connectivity index (χ1v) is 7.20. The van der Waals surface area contributed by atoms with Crippen LogP contribution in [0, 0.1) is 0 Å². The van der Waals surface area contributed by atoms with E-state index >= 15 is 0 Å². The molecule has 0 atom stereocenters. The van der Waals surface area contributed by atoms with Crippen molar-refractivity contribution in [3.05, 3.63) is 10.4 Å². The number of hydrogen-bond donors (Lipinski definition) is 2. The van der Waals surface area contributed by atoms with Crippen LogP contribution >= 0.6 is 11.3 Å². The van der Waals surface area contributed by atoms with Crippen LogP contribution in [0.5, 0.6) is 0 Å². The van der Waals surface area contributed by atoms with Crippen LogP contribution in [0.4, 0.5) is 10.7 Å². The molecular formula is C13H18N2O3S. The highest BCUT2D eigenvalue weighted by atomic mass is 32.1. The predicted octanol–water partition coefficient (Wildman–Crippen LogP) is 2.67. The molecular weight excluding hydrogens is 264 g/mol. The van der Waals surface area contributed by atoms with Crippen molar-refractivity contribution in [2.24, 2.45) is 0 Å². The van der Waals surface area contributed by atoms with Gasteiger partial charge in [0.05, 0.1) is 17.7 Å². The lowest BCUT2D eigenvalue weighted by atomic mass is 9.93. The molecule has 1 saturated carbocycles. The maximum Gasteiger partial charge on any atom is 0.343 e. The minimum atomic E-state index is -0.495. The number of esters is 1. The molecule has 19 heavy (non-hydrogen) atoms. The summed E-state index contributed by atoms with van der Waals surface area (Å²) in [4.78, 5) is 24.1. The molecule has 0 spiro atoms. The predicted molar refractivity (Wildman–Crippen MR) is 76.0 cm³/mol. The van der Waals surface area contributed by atoms with Gasteiger partial charge in [-0.1, -0.05) is 6.92 Å². The Kier molecular flexibility index (Phi) is 4.09. The van der Waals surface area contributed by atoms with Crippen molar-refractivity contribution in [1.29, 1.82) is 0 Å². The van der Waals surface area contributed by atoms with Crippen LogP contribution < -0.4 is 11.1 Å². The van der Waals surface area contributed by atoms with Crippen LogP contribution in [0.3, 0.4) is 0 Å². The second kappa shape index (κ2) is 5.61. The van der Waals surface area contributed by atoms with Crippen molar-refractivity contribution < 1.29 is 14.3 Å². The molecule has 0 unspecified atom stereocenters. The number of thiophene rings is 1. The summed E-state index contributed by atoms with van der Waals surface area (Å²) in [6.07, 6.45) is 3.71. The molecule has 1 aromatic rings. The number of nitrogen functional groups attached to an aromatic ring is 1. The molecule has 6 heteroatoms. The van der Waals surface area contributed by atoms with E-state index in [1.807, 2.05) is 0 Å². The molecule has 0 aromatic carbocycles. The number of nitrogens with two attached hydrogens (primary N) is 1. The zero-order valence-electron chi connectivity index (χ0n) is 11.1. The van der Waals surface area contributed by atoms with E-state index in [1.165, 1.54) is 24.9 Å². The Morgan fingerprint density at radius 1 is 1.47 bits per heavy atom. The molecule has 3 N–H and O–H groups in total. The van der Waals surface area contributed by atoms with E-state index in [0.29, 0.717) is 27.9 Å². The quantitative estimate of drug-likeness (QED) is 0.641. The van der Waals surface area contributed by atoms with Gasteiger partial charge in [0.25, 0.3) is 0 Å². The molecule has 0 radical (unpaired) electrons. The summed E-state index contributed by atoms with van der Waals surface area (Å²) in [5.41, 5.74) is 6.48. The Morgan fingerprint density at radius 2 is 2.16 bits per heavy atom. The summed E-state index contributed by atoms with van der Waals surface area (Å²) >= 11 is 1.25. The zero-order valence-corrected chi connectivity index (χ0v) is 11.9. The van der Waals surface area contributed by atoms with Gasteiger partial charge in [0.15, 0.2) is 5.78 Å². The number of rotatable bonds is 5. The maximum atomic E-state index is 11.8. The molecule has 1 aliphatic carbocycles. The van der Waals surface area contributed by atoms with Gasteiger partial charge in [-0.25, -0.2) is 4.79 Å². The van der Waals surface area contributed by atoms with Gasteiger partial charge in [-0.3, -0.25) is 4.79 Å². The van der Waals surface area contributed by atoms with Gasteiger partial charge < -0.3 is 15.8 Å². The molecule has 0 amide bonds. The topological polar surface area (TPSA) is 81.4 Å². The average molecular weight is 282 g/mol. The first kappa shape index (κ1) is 13.9. The van der Waals surface area contributed by atoms with Crippen LogP contribution in [0.25, 0.3) is 0 Å². The normalized spacial score (nSPS) is 14.8. The molecule has 1 aromatic heterocycles. The Hall–Kier alpha value is -1.56. The first-order valence-electron chi connectivity index (χ1n) is 6.38. The number of methoxy groups -OCH3 is 1. The molecule has 1 heterocycles. The number of ketones is 1. The van der Waals surface area contributed by atoms with Crippen LogP contribution in [-0.2, 0) is 4.74 Å². The lowest BCUT2D eigenvalue weighted by Crippen LogP contribution is -2.27. The fraction of sp³-hybridized carbons (Fsp3) is 0.538. The van der Waals surface area contributed by atoms with Crippen molar-refractivity contribution in [3.8, 4) is 0 Å². The second-order valence-corrected chi connectivity index (χ2v) is 5.61. The van der Waals surface area contributed by atoms with Crippen molar-refractivity contribution in [1.82, 2.24) is 0 Å². The standard InChI is InChI=1S/C13H18N2O3S/c1-3-8(16)11-10(14)9(13(17)18-2)12(19-11)15-7-5-4-6-7/h7,15H,3-6,14H2,1-2H3. The van der Waals surface area contributed by atoms with Gasteiger partial charge in [-0.05, 0) is 19.3 Å². The number of anilines is 2. The number of ether oxygens (including phenoxy) is 1. The molecule has 2 rings (SSSR count). The third-order valence-electron chi connectivity index (χ3n) is 3.35. The minimum Gasteiger partial charge on any atom is -0.465 e. The number of nitrogens with one attached hydrogen (secondary N) is 1. The molecule has 1 fully saturated rings. The molecule has 5 nitrogen and oxygen atoms in total. The zero-order chi connectivity index (χ0) is 14.0. The van der Waals surface area contributed by atoms with Crippen LogP contribution in [0.15, 0.2) is 0 Å². The van der Waals surface area contributed by atoms with E-state index in [9.17, 15) is 9.59 Å². The van der Waals surface area contributed by atoms with Crippen molar-refractivity contribution in [2.45, 2.75) is 38.6 Å². The lowest BCUT2D eigenvalue weighted by molar-refractivity contribution is 0.0603. The fourth-order valence-corrected chi connectivity index (χ4v) is 3.15. The van der Waals surface area contributed by atoms with Crippen LogP contribution in [0.1, 0.15) is 52.6 Å². The van der Waals surface area contributed by atoms with Gasteiger partial charge in [0.2, 0.25) is 0 Å². The molecule has 104 valence electrons. The number of carbonyl (C=O) groups is 2. The molecule has 1 aliphatic rings. The van der Waals surface area contributed by atoms with E-state index < -0.39 is 5.97 Å². The number of hydrogen-bond acceptors (Lipinski definition) is 6. The summed E-state index contributed by atoms with van der Waals surface area (Å²) in [6, 6.07) is 0.367. The van der Waals surface area contributed by atoms with Crippen LogP contribution in [-0.4, -0.2) is 24.9 Å². The number of Topliss-reactive ketones (excluding diaryl/α,β-unsaturated/α-hetero) is 1. The van der Waals surface area contributed by atoms with E-state index in [-0.39, 0.29) is 11.5 Å². The van der Waals surface area contributed by atoms with Gasteiger partial charge >= 0.3 is 5.97 Å². The van der Waals surface area contributed by atoms with Gasteiger partial charge in [-0.2, -0.15) is 0 Å². The number of carbonyl (C=O) groups excluding carboxylic acids is 2. The van der Waals surface area contributed by atoms with E-state index in [4.69, 9.17) is 10.5 Å². The minimum absolute atomic E-state index is 0.0469. The van der Waals surface area contributed by atoms with Crippen LogP contribution in [0.2, 0.25) is 0 Å². The summed E-state index contributed by atoms with van der Waals surface area (Å²) in [6.45, 7) is 1.78. The highest BCUT2D eigenvalue weighted by molar-refractivity contribution is 7.19. The third-order valence-corrected chi connectivity index (χ3v) is 4.53. The Bertz CT molecular complexity index is 506. The average Bonchev–Trinajstić information content (AvgIpc) is 2.69. The monoisotopic (exact) mass is 282 g/mol. The summed E-state index contributed by atoms with van der Waals surface area (Å²) in [5, 5.41) is 3.95. The largest absolute Gasteiger partial charge is 0.465 e. The van der Waals surface area contributed by atoms with E-state index in [1.54, 1.807) is 6.92 Å². The Labute approximate surface area is 116 Å². The van der Waals surface area contributed by atoms with Crippen molar-refractivity contribution >= 4 is 33.8 Å². The smallest absolute Gasteiger partial charge is 0.343 e. The molecule has 0 aliphatic heterocycles. The maximum absolute atomic E-state index is 11.8. The molecule has 0 saturated heterocycles. The summed E-state index contributed by atoms with van der Waals surface area (Å²) < 4.78 is 4.75. The van der Waals surface area contributed by atoms with Crippen molar-refractivity contribution in [2.75, 3.05) is 18.2 Å². The Morgan fingerprint density at radius 3 is 2.63 bits per heavy atom. The highest BCUT2D eigenvalue weighted by Crippen LogP contribution is 2.39. The highest BCUT2D eigenvalue weighted by Gasteiger charge is 2.28. The lowest BCUT2D eigenvalue weighted by Gasteiger charge is -2.27. The van der Waals surface area contributed by atoms with Gasteiger partial charge in [0, 0.05) is 12.5 Å². The fourth-order valence-electron chi connectivity index (χ4n) is 1.96. The van der Waals surface area contributed by atoms with E-state index in [2.05, 4.69) is 5.32 Å². The first-order chi connectivity index (χ1) is 9.08. The van der Waals surface area contributed by atoms with E-state index in [0.717, 1.165) is 12.8 Å². The SMILES string of the molecule is CCC(=O)c1sc(NC2CCC2)c(C(=O)OC)c1N.